The van der Waals surface area contributed by atoms with Crippen molar-refractivity contribution in [2.45, 2.75) is 44.8 Å². The van der Waals surface area contributed by atoms with Crippen LogP contribution in [-0.4, -0.2) is 38.3 Å². The van der Waals surface area contributed by atoms with Gasteiger partial charge in [0, 0.05) is 42.6 Å². The van der Waals surface area contributed by atoms with Gasteiger partial charge in [0.25, 0.3) is 11.5 Å². The van der Waals surface area contributed by atoms with Crippen LogP contribution in [0.15, 0.2) is 59.5 Å². The summed E-state index contributed by atoms with van der Waals surface area (Å²) < 4.78 is 1.41. The highest BCUT2D eigenvalue weighted by Crippen LogP contribution is 2.25. The lowest BCUT2D eigenvalue weighted by Gasteiger charge is -2.23. The van der Waals surface area contributed by atoms with Crippen LogP contribution in [0.1, 0.15) is 47.4 Å². The first kappa shape index (κ1) is 20.5. The van der Waals surface area contributed by atoms with E-state index in [0.717, 1.165) is 17.6 Å². The number of aromatic nitrogens is 3. The summed E-state index contributed by atoms with van der Waals surface area (Å²) in [4.78, 5) is 35.1. The van der Waals surface area contributed by atoms with Crippen molar-refractivity contribution in [3.8, 4) is 0 Å². The van der Waals surface area contributed by atoms with E-state index in [2.05, 4.69) is 45.4 Å². The molecule has 0 bridgehead atoms. The van der Waals surface area contributed by atoms with Crippen molar-refractivity contribution in [1.29, 1.82) is 0 Å². The normalized spacial score (nSPS) is 14.6. The third-order valence-corrected chi connectivity index (χ3v) is 6.37. The lowest BCUT2D eigenvalue weighted by atomic mass is 10.1. The van der Waals surface area contributed by atoms with Gasteiger partial charge in [-0.25, -0.2) is 4.98 Å². The number of hydrogen-bond acceptors (Lipinski definition) is 4. The number of carbonyl (C=O) groups excluding carboxylic acids is 1. The Morgan fingerprint density at radius 3 is 2.88 bits per heavy atom. The van der Waals surface area contributed by atoms with Gasteiger partial charge in [0.15, 0.2) is 0 Å². The Morgan fingerprint density at radius 2 is 2.03 bits per heavy atom. The molecule has 0 aliphatic heterocycles. The zero-order chi connectivity index (χ0) is 22.1. The summed E-state index contributed by atoms with van der Waals surface area (Å²) in [6.45, 7) is 1.27. The number of nitrogens with zero attached hydrogens (tertiary/aromatic N) is 3. The molecule has 1 amide bonds. The Kier molecular flexibility index (Phi) is 5.49. The van der Waals surface area contributed by atoms with E-state index in [9.17, 15) is 9.59 Å². The van der Waals surface area contributed by atoms with Crippen molar-refractivity contribution in [3.63, 3.8) is 0 Å². The minimum atomic E-state index is -0.362. The van der Waals surface area contributed by atoms with Gasteiger partial charge in [-0.2, -0.15) is 0 Å². The monoisotopic (exact) mass is 429 g/mol. The average molecular weight is 430 g/mol. The van der Waals surface area contributed by atoms with Crippen molar-refractivity contribution in [2.24, 2.45) is 0 Å². The highest BCUT2D eigenvalue weighted by Gasteiger charge is 2.20. The van der Waals surface area contributed by atoms with Crippen LogP contribution in [0.5, 0.6) is 0 Å². The summed E-state index contributed by atoms with van der Waals surface area (Å²) in [7, 11) is 2.20. The van der Waals surface area contributed by atoms with Crippen molar-refractivity contribution in [2.75, 3.05) is 7.05 Å². The molecule has 1 aromatic carbocycles. The van der Waals surface area contributed by atoms with Gasteiger partial charge in [-0.15, -0.1) is 0 Å². The molecular weight excluding hydrogens is 402 g/mol. The van der Waals surface area contributed by atoms with E-state index >= 15 is 0 Å². The van der Waals surface area contributed by atoms with E-state index in [1.54, 1.807) is 24.4 Å². The Bertz CT molecular complexity index is 1330. The molecule has 1 aliphatic carbocycles. The third kappa shape index (κ3) is 4.16. The Hall–Kier alpha value is -3.45. The molecule has 0 spiro atoms. The zero-order valence-electron chi connectivity index (χ0n) is 18.2. The summed E-state index contributed by atoms with van der Waals surface area (Å²) >= 11 is 0. The van der Waals surface area contributed by atoms with Gasteiger partial charge in [-0.1, -0.05) is 31.0 Å². The lowest BCUT2D eigenvalue weighted by molar-refractivity contribution is 0.0946. The van der Waals surface area contributed by atoms with Gasteiger partial charge in [0.2, 0.25) is 0 Å². The van der Waals surface area contributed by atoms with Crippen molar-refractivity contribution in [1.82, 2.24) is 24.6 Å². The molecule has 7 nitrogen and oxygen atoms in total. The van der Waals surface area contributed by atoms with Crippen LogP contribution in [0, 0.1) is 0 Å². The molecule has 164 valence electrons. The molecule has 4 aromatic rings. The van der Waals surface area contributed by atoms with E-state index in [0.29, 0.717) is 18.2 Å². The highest BCUT2D eigenvalue weighted by atomic mass is 16.2. The number of rotatable bonds is 6. The number of hydrogen-bond donors (Lipinski definition) is 2. The number of aromatic amines is 1. The number of nitrogens with one attached hydrogen (secondary N) is 2. The number of amides is 1. The molecule has 3 aromatic heterocycles. The predicted molar refractivity (Wildman–Crippen MR) is 125 cm³/mol. The second-order valence-corrected chi connectivity index (χ2v) is 8.66. The second kappa shape index (κ2) is 8.59. The van der Waals surface area contributed by atoms with Gasteiger partial charge < -0.3 is 10.3 Å². The lowest BCUT2D eigenvalue weighted by Crippen LogP contribution is -2.28. The van der Waals surface area contributed by atoms with Gasteiger partial charge in [0.05, 0.1) is 0 Å². The maximum Gasteiger partial charge on any atom is 0.270 e. The Labute approximate surface area is 186 Å². The molecule has 0 saturated heterocycles. The molecule has 0 atom stereocenters. The van der Waals surface area contributed by atoms with Crippen LogP contribution < -0.4 is 10.9 Å². The minimum absolute atomic E-state index is 0.124. The number of H-pyrrole nitrogens is 1. The van der Waals surface area contributed by atoms with Crippen molar-refractivity contribution in [3.05, 3.63) is 82.0 Å². The van der Waals surface area contributed by atoms with E-state index in [4.69, 9.17) is 0 Å². The number of benzene rings is 1. The summed E-state index contributed by atoms with van der Waals surface area (Å²) in [5, 5.41) is 4.04. The van der Waals surface area contributed by atoms with E-state index in [1.165, 1.54) is 47.2 Å². The fraction of sp³-hybridized carbons (Fsp3) is 0.320. The van der Waals surface area contributed by atoms with E-state index in [1.807, 2.05) is 6.07 Å². The van der Waals surface area contributed by atoms with E-state index in [-0.39, 0.29) is 17.2 Å². The van der Waals surface area contributed by atoms with Crippen LogP contribution >= 0.6 is 0 Å². The number of pyridine rings is 1. The molecule has 32 heavy (non-hydrogen) atoms. The summed E-state index contributed by atoms with van der Waals surface area (Å²) in [6, 6.07) is 15.6. The smallest absolute Gasteiger partial charge is 0.270 e. The Balaban J connectivity index is 1.27. The molecular formula is C25H27N5O2. The summed E-state index contributed by atoms with van der Waals surface area (Å²) in [5.74, 6) is -0.362. The molecule has 0 radical (unpaired) electrons. The molecule has 5 rings (SSSR count). The summed E-state index contributed by atoms with van der Waals surface area (Å²) in [5.41, 5.74) is 3.56. The number of fused-ring (bicyclic) bond motifs is 2. The van der Waals surface area contributed by atoms with Gasteiger partial charge in [0.1, 0.15) is 11.3 Å². The van der Waals surface area contributed by atoms with E-state index < -0.39 is 0 Å². The Morgan fingerprint density at radius 1 is 1.19 bits per heavy atom. The average Bonchev–Trinajstić information content (AvgIpc) is 3.47. The predicted octanol–water partition coefficient (Wildman–Crippen LogP) is 3.48. The first-order chi connectivity index (χ1) is 15.6. The first-order valence-electron chi connectivity index (χ1n) is 11.1. The van der Waals surface area contributed by atoms with Crippen LogP contribution in [0.2, 0.25) is 0 Å². The molecule has 1 saturated carbocycles. The summed E-state index contributed by atoms with van der Waals surface area (Å²) in [6.07, 6.45) is 6.89. The van der Waals surface area contributed by atoms with Crippen LogP contribution in [0.4, 0.5) is 0 Å². The van der Waals surface area contributed by atoms with Crippen LogP contribution in [-0.2, 0) is 13.1 Å². The van der Waals surface area contributed by atoms with Gasteiger partial charge >= 0.3 is 0 Å². The molecule has 2 N–H and O–H groups in total. The quantitative estimate of drug-likeness (QED) is 0.492. The molecule has 7 heteroatoms. The maximum atomic E-state index is 12.6. The number of carbonyl (C=O) groups is 1. The molecule has 1 aliphatic rings. The minimum Gasteiger partial charge on any atom is -0.357 e. The maximum absolute atomic E-state index is 12.6. The molecule has 1 fully saturated rings. The van der Waals surface area contributed by atoms with Crippen molar-refractivity contribution < 1.29 is 4.79 Å². The fourth-order valence-electron chi connectivity index (χ4n) is 4.62. The molecule has 3 heterocycles. The largest absolute Gasteiger partial charge is 0.357 e. The van der Waals surface area contributed by atoms with Crippen LogP contribution in [0.3, 0.4) is 0 Å². The highest BCUT2D eigenvalue weighted by molar-refractivity contribution is 5.92. The zero-order valence-corrected chi connectivity index (χ0v) is 18.2. The molecule has 0 unspecified atom stereocenters. The SMILES string of the molecule is CN(Cc1cc2ccc(CNC(=O)c3cc(=O)n4ccccc4n3)cc2[nH]1)C1CCCC1. The van der Waals surface area contributed by atoms with Gasteiger partial charge in [-0.3, -0.25) is 18.9 Å². The fourth-order valence-corrected chi connectivity index (χ4v) is 4.62. The van der Waals surface area contributed by atoms with Crippen LogP contribution in [0.25, 0.3) is 16.6 Å². The first-order valence-corrected chi connectivity index (χ1v) is 11.1. The second-order valence-electron chi connectivity index (χ2n) is 8.66. The topological polar surface area (TPSA) is 82.5 Å². The standard InChI is InChI=1S/C25H27N5O2/c1-29(20-6-2-3-7-20)16-19-13-18-10-9-17(12-21(18)27-19)15-26-25(32)22-14-24(31)30-11-5-4-8-23(30)28-22/h4-5,8-14,20,27H,2-3,6-7,15-16H2,1H3,(H,26,32). The third-order valence-electron chi connectivity index (χ3n) is 6.37. The van der Waals surface area contributed by atoms with Gasteiger partial charge in [-0.05, 0) is 55.1 Å². The van der Waals surface area contributed by atoms with Crippen molar-refractivity contribution >= 4 is 22.5 Å².